The zero-order valence-corrected chi connectivity index (χ0v) is 79.0. The second-order valence-electron chi connectivity index (χ2n) is 35.4. The SMILES string of the molecule is c1ccc(-c2cc(-c3ccc(Oc4ccc(-c5nc6ccccc6c6c(-c7ccccc7)cccc56)cc4)cc3)nc(-c3ccccc3)n2)cc1.c1ccc(-c2nc(-c3ccccc3)nc(-c3ccc(-c4cccc5c(-c6ccccc6)nc6ccccc6c45)cc3)n2)cc1.c1ccc(-c2nc(-c3ccccc3)nc(-c3ccc(Oc4ccc(-c5nc6ccccc6c6c(-c7ccccc7)cccc56)cc4)cc3)n2)cc1. The number of nitrogens with zero attached hydrogens (tertiary/aromatic N) is 11. The van der Waals surface area contributed by atoms with Crippen LogP contribution in [0.3, 0.4) is 0 Å². The van der Waals surface area contributed by atoms with Crippen LogP contribution in [0.2, 0.25) is 0 Å². The van der Waals surface area contributed by atoms with Crippen LogP contribution in [0.5, 0.6) is 23.0 Å². The molecule has 6 heterocycles. The number of rotatable bonds is 19. The summed E-state index contributed by atoms with van der Waals surface area (Å²) in [6.45, 7) is 0. The van der Waals surface area contributed by atoms with Crippen molar-refractivity contribution in [3.8, 4) is 192 Å². The first-order valence-electron chi connectivity index (χ1n) is 48.6. The predicted molar refractivity (Wildman–Crippen MR) is 595 cm³/mol. The van der Waals surface area contributed by atoms with E-state index in [1.165, 1.54) is 38.4 Å². The highest BCUT2D eigenvalue weighted by atomic mass is 16.5. The standard InChI is InChI=1S/C47H31N3O.C46H30N4O.C40H26N4/c1-4-13-32(14-5-1)39-20-12-21-41-45(39)40-19-10-11-22-42(40)48-46(41)35-25-29-38(30-26-35)51-37-27-23-34(24-28-37)44-31-43(33-15-6-2-7-16-33)49-47(50-44)36-17-8-3-9-18-36;1-4-13-31(14-5-1)38-20-12-21-40-42(38)39-19-10-11-22-41(39)47-43(40)32-23-27-36(28-24-32)51-37-29-25-35(26-30-37)46-49-44(33-15-6-2-7-16-33)48-45(50-46)34-17-8-3-9-18-34;1-4-13-28(14-5-1)37-34-21-12-20-32(36(34)33-19-10-11-22-35(33)41-37)27-23-25-31(26-24-27)40-43-38(29-15-6-2-7-16-29)42-39(44-40)30-17-8-3-9-18-30/h1-31H;1-30H;1-26H. The van der Waals surface area contributed by atoms with Gasteiger partial charge in [-0.3, -0.25) is 0 Å². The molecule has 0 aliphatic heterocycles. The molecule has 13 nitrogen and oxygen atoms in total. The third-order valence-corrected chi connectivity index (χ3v) is 26.1. The molecule has 0 saturated carbocycles. The van der Waals surface area contributed by atoms with Crippen LogP contribution in [0.1, 0.15) is 0 Å². The van der Waals surface area contributed by atoms with E-state index in [1.54, 1.807) is 0 Å². The van der Waals surface area contributed by atoms with Crippen molar-refractivity contribution < 1.29 is 9.47 Å². The van der Waals surface area contributed by atoms with Crippen LogP contribution >= 0.6 is 0 Å². The number of fused-ring (bicyclic) bond motifs is 9. The van der Waals surface area contributed by atoms with Crippen LogP contribution in [0.15, 0.2) is 528 Å². The number of benzene rings is 20. The summed E-state index contributed by atoms with van der Waals surface area (Å²) in [5.41, 5.74) is 26.3. The van der Waals surface area contributed by atoms with Gasteiger partial charge in [0.25, 0.3) is 0 Å². The fourth-order valence-corrected chi connectivity index (χ4v) is 19.0. The number of para-hydroxylation sites is 3. The van der Waals surface area contributed by atoms with E-state index in [2.05, 4.69) is 261 Å². The van der Waals surface area contributed by atoms with Gasteiger partial charge in [0.2, 0.25) is 0 Å². The third-order valence-electron chi connectivity index (χ3n) is 26.1. The smallest absolute Gasteiger partial charge is 0.164 e. The zero-order valence-electron chi connectivity index (χ0n) is 79.0. The number of aromatic nitrogens is 11. The van der Waals surface area contributed by atoms with E-state index in [1.807, 2.05) is 267 Å². The summed E-state index contributed by atoms with van der Waals surface area (Å²) in [6, 6.07) is 179. The highest BCUT2D eigenvalue weighted by molar-refractivity contribution is 6.20. The Morgan fingerprint density at radius 1 is 0.123 bits per heavy atom. The second-order valence-corrected chi connectivity index (χ2v) is 35.4. The lowest BCUT2D eigenvalue weighted by atomic mass is 9.92. The summed E-state index contributed by atoms with van der Waals surface area (Å²) in [4.78, 5) is 54.4. The molecule has 0 atom stereocenters. The summed E-state index contributed by atoms with van der Waals surface area (Å²) in [5, 5.41) is 10.4. The highest BCUT2D eigenvalue weighted by Gasteiger charge is 2.23. The van der Waals surface area contributed by atoms with Crippen LogP contribution in [0.4, 0.5) is 0 Å². The molecule has 146 heavy (non-hydrogen) atoms. The molecule has 20 aromatic carbocycles. The lowest BCUT2D eigenvalue weighted by molar-refractivity contribution is 0.482. The first-order valence-corrected chi connectivity index (χ1v) is 48.6. The summed E-state index contributed by atoms with van der Waals surface area (Å²) in [7, 11) is 0. The Bertz CT molecular complexity index is 8650. The lowest BCUT2D eigenvalue weighted by Gasteiger charge is -2.14. The molecule has 0 spiro atoms. The minimum absolute atomic E-state index is 0.601. The van der Waals surface area contributed by atoms with Gasteiger partial charge in [0.1, 0.15) is 23.0 Å². The molecule has 0 N–H and O–H groups in total. The maximum absolute atomic E-state index is 6.33. The van der Waals surface area contributed by atoms with E-state index in [-0.39, 0.29) is 0 Å². The zero-order chi connectivity index (χ0) is 97.3. The van der Waals surface area contributed by atoms with Gasteiger partial charge >= 0.3 is 0 Å². The molecule has 0 unspecified atom stereocenters. The van der Waals surface area contributed by atoms with Crippen molar-refractivity contribution in [3.05, 3.63) is 528 Å². The van der Waals surface area contributed by atoms with Crippen molar-refractivity contribution >= 4 is 65.0 Å². The van der Waals surface area contributed by atoms with Crippen molar-refractivity contribution in [1.82, 2.24) is 54.8 Å². The van der Waals surface area contributed by atoms with E-state index >= 15 is 0 Å². The minimum Gasteiger partial charge on any atom is -0.457 e. The van der Waals surface area contributed by atoms with Crippen molar-refractivity contribution in [3.63, 3.8) is 0 Å². The monoisotopic (exact) mass is 1870 g/mol. The topological polar surface area (TPSA) is 160 Å². The molecule has 0 saturated heterocycles. The van der Waals surface area contributed by atoms with Crippen LogP contribution < -0.4 is 9.47 Å². The number of hydrogen-bond donors (Lipinski definition) is 0. The Balaban J connectivity index is 0.000000118. The first kappa shape index (κ1) is 88.8. The minimum atomic E-state index is 0.601. The van der Waals surface area contributed by atoms with Gasteiger partial charge in [0, 0.05) is 115 Å². The quantitative estimate of drug-likeness (QED) is 0.0704. The molecule has 0 radical (unpaired) electrons. The van der Waals surface area contributed by atoms with Gasteiger partial charge in [0.05, 0.1) is 45.0 Å². The second kappa shape index (κ2) is 40.5. The van der Waals surface area contributed by atoms with Crippen molar-refractivity contribution in [2.75, 3.05) is 0 Å². The fourth-order valence-electron chi connectivity index (χ4n) is 19.0. The van der Waals surface area contributed by atoms with E-state index in [0.717, 1.165) is 172 Å². The molecule has 0 amide bonds. The van der Waals surface area contributed by atoms with Gasteiger partial charge in [-0.15, -0.1) is 0 Å². The summed E-state index contributed by atoms with van der Waals surface area (Å²) >= 11 is 0. The lowest BCUT2D eigenvalue weighted by Crippen LogP contribution is -2.00. The maximum Gasteiger partial charge on any atom is 0.164 e. The molecule has 0 fully saturated rings. The molecular formula is C133H87N11O2. The molecule has 26 aromatic rings. The largest absolute Gasteiger partial charge is 0.457 e. The Labute approximate surface area is 843 Å². The number of hydrogen-bond acceptors (Lipinski definition) is 13. The Morgan fingerprint density at radius 2 is 0.308 bits per heavy atom. The maximum atomic E-state index is 6.33. The van der Waals surface area contributed by atoms with Crippen molar-refractivity contribution in [2.45, 2.75) is 0 Å². The van der Waals surface area contributed by atoms with E-state index in [0.29, 0.717) is 46.5 Å². The molecule has 26 rings (SSSR count). The van der Waals surface area contributed by atoms with Crippen LogP contribution in [-0.2, 0) is 0 Å². The van der Waals surface area contributed by atoms with Crippen LogP contribution in [-0.4, -0.2) is 54.8 Å². The fraction of sp³-hybridized carbons (Fsp3) is 0. The molecule has 6 aromatic heterocycles. The van der Waals surface area contributed by atoms with E-state index < -0.39 is 0 Å². The molecule has 0 aliphatic carbocycles. The predicted octanol–water partition coefficient (Wildman–Crippen LogP) is 33.9. The molecule has 0 bridgehead atoms. The van der Waals surface area contributed by atoms with Crippen LogP contribution in [0.25, 0.3) is 234 Å². The number of ether oxygens (including phenoxy) is 2. The van der Waals surface area contributed by atoms with Gasteiger partial charge in [-0.2, -0.15) is 0 Å². The Kier molecular flexibility index (Phi) is 24.6. The summed E-state index contributed by atoms with van der Waals surface area (Å²) in [5.74, 6) is 7.45. The first-order chi connectivity index (χ1) is 72.3. The number of pyridine rings is 3. The third kappa shape index (κ3) is 18.7. The van der Waals surface area contributed by atoms with E-state index in [4.69, 9.17) is 64.3 Å². The highest BCUT2D eigenvalue weighted by Crippen LogP contribution is 2.45. The average Bonchev–Trinajstić information content (AvgIpc) is 0.749. The Hall–Kier alpha value is -19.9. The van der Waals surface area contributed by atoms with E-state index in [9.17, 15) is 0 Å². The molecule has 0 aliphatic rings. The Morgan fingerprint density at radius 3 is 0.596 bits per heavy atom. The normalized spacial score (nSPS) is 11.2. The molecule has 13 heteroatoms. The summed E-state index contributed by atoms with van der Waals surface area (Å²) < 4.78 is 12.6. The van der Waals surface area contributed by atoms with Gasteiger partial charge in [-0.25, -0.2) is 54.8 Å². The molecule has 686 valence electrons. The average molecular weight is 1870 g/mol. The molecular weight excluding hydrogens is 1780 g/mol. The van der Waals surface area contributed by atoms with Gasteiger partial charge in [0.15, 0.2) is 40.8 Å². The van der Waals surface area contributed by atoms with Gasteiger partial charge < -0.3 is 9.47 Å². The van der Waals surface area contributed by atoms with Crippen molar-refractivity contribution in [2.24, 2.45) is 0 Å². The van der Waals surface area contributed by atoms with Gasteiger partial charge in [-0.1, -0.05) is 406 Å². The van der Waals surface area contributed by atoms with Crippen LogP contribution in [0, 0.1) is 0 Å². The van der Waals surface area contributed by atoms with Crippen molar-refractivity contribution in [1.29, 1.82) is 0 Å². The summed E-state index contributed by atoms with van der Waals surface area (Å²) in [6.07, 6.45) is 0. The van der Waals surface area contributed by atoms with Gasteiger partial charge in [-0.05, 0) is 155 Å².